The smallest absolute Gasteiger partial charge is 0.147 e. The molecule has 0 saturated heterocycles. The van der Waals surface area contributed by atoms with Crippen molar-refractivity contribution in [1.82, 2.24) is 15.3 Å². The molecule has 1 N–H and O–H groups in total. The van der Waals surface area contributed by atoms with E-state index in [-0.39, 0.29) is 0 Å². The Hall–Kier alpha value is -1.16. The van der Waals surface area contributed by atoms with Crippen molar-refractivity contribution in [2.24, 2.45) is 5.92 Å². The maximum absolute atomic E-state index is 4.62. The van der Waals surface area contributed by atoms with Gasteiger partial charge in [0.05, 0.1) is 11.9 Å². The standard InChI is InChI=1S/C14H26N4/c1-5-6-7-18(4)14-11-16-10-13(17-14)9-15-8-12(2)3/h10-12,15H,5-9H2,1-4H3. The molecule has 1 heterocycles. The van der Waals surface area contributed by atoms with E-state index in [4.69, 9.17) is 0 Å². The second-order valence-electron chi connectivity index (χ2n) is 5.17. The van der Waals surface area contributed by atoms with Gasteiger partial charge in [0, 0.05) is 26.3 Å². The van der Waals surface area contributed by atoms with Gasteiger partial charge in [-0.3, -0.25) is 4.98 Å². The first-order chi connectivity index (χ1) is 8.63. The molecule has 0 aromatic carbocycles. The summed E-state index contributed by atoms with van der Waals surface area (Å²) in [6, 6.07) is 0. The van der Waals surface area contributed by atoms with Gasteiger partial charge in [-0.25, -0.2) is 4.98 Å². The lowest BCUT2D eigenvalue weighted by atomic mass is 10.2. The van der Waals surface area contributed by atoms with Gasteiger partial charge < -0.3 is 10.2 Å². The maximum atomic E-state index is 4.62. The van der Waals surface area contributed by atoms with E-state index in [1.54, 1.807) is 0 Å². The summed E-state index contributed by atoms with van der Waals surface area (Å²) in [4.78, 5) is 11.1. The third kappa shape index (κ3) is 5.45. The van der Waals surface area contributed by atoms with Crippen molar-refractivity contribution < 1.29 is 0 Å². The Morgan fingerprint density at radius 1 is 1.33 bits per heavy atom. The summed E-state index contributed by atoms with van der Waals surface area (Å²) in [6.45, 7) is 9.44. The molecule has 1 aromatic rings. The molecular weight excluding hydrogens is 224 g/mol. The van der Waals surface area contributed by atoms with Gasteiger partial charge in [0.15, 0.2) is 0 Å². The molecule has 102 valence electrons. The molecule has 4 nitrogen and oxygen atoms in total. The lowest BCUT2D eigenvalue weighted by Crippen LogP contribution is -2.22. The zero-order chi connectivity index (χ0) is 13.4. The molecule has 0 aliphatic carbocycles. The zero-order valence-electron chi connectivity index (χ0n) is 12.1. The van der Waals surface area contributed by atoms with Gasteiger partial charge in [-0.15, -0.1) is 0 Å². The first-order valence-electron chi connectivity index (χ1n) is 6.86. The molecule has 0 spiro atoms. The highest BCUT2D eigenvalue weighted by atomic mass is 15.2. The molecule has 0 atom stereocenters. The molecule has 0 aliphatic heterocycles. The van der Waals surface area contributed by atoms with Gasteiger partial charge in [-0.2, -0.15) is 0 Å². The van der Waals surface area contributed by atoms with Crippen LogP contribution in [0.4, 0.5) is 5.82 Å². The number of hydrogen-bond donors (Lipinski definition) is 1. The minimum absolute atomic E-state index is 0.661. The van der Waals surface area contributed by atoms with E-state index in [1.165, 1.54) is 12.8 Å². The van der Waals surface area contributed by atoms with Crippen LogP contribution in [0.5, 0.6) is 0 Å². The average Bonchev–Trinajstić information content (AvgIpc) is 2.36. The molecule has 0 bridgehead atoms. The van der Waals surface area contributed by atoms with E-state index in [2.05, 4.69) is 48.0 Å². The largest absolute Gasteiger partial charge is 0.358 e. The summed E-state index contributed by atoms with van der Waals surface area (Å²) in [5.74, 6) is 1.63. The Morgan fingerprint density at radius 3 is 2.78 bits per heavy atom. The third-order valence-electron chi connectivity index (χ3n) is 2.77. The van der Waals surface area contributed by atoms with Crippen LogP contribution in [0.3, 0.4) is 0 Å². The van der Waals surface area contributed by atoms with Crippen LogP contribution >= 0.6 is 0 Å². The Kier molecular flexibility index (Phi) is 6.65. The first-order valence-corrected chi connectivity index (χ1v) is 6.86. The summed E-state index contributed by atoms with van der Waals surface area (Å²) < 4.78 is 0. The molecule has 1 aromatic heterocycles. The van der Waals surface area contributed by atoms with Crippen LogP contribution in [0, 0.1) is 5.92 Å². The Balaban J connectivity index is 2.50. The zero-order valence-corrected chi connectivity index (χ0v) is 12.1. The molecule has 4 heteroatoms. The fourth-order valence-electron chi connectivity index (χ4n) is 1.66. The molecule has 0 saturated carbocycles. The Bertz CT molecular complexity index is 338. The highest BCUT2D eigenvalue weighted by Crippen LogP contribution is 2.08. The van der Waals surface area contributed by atoms with Crippen LogP contribution in [0.15, 0.2) is 12.4 Å². The summed E-state index contributed by atoms with van der Waals surface area (Å²) >= 11 is 0. The van der Waals surface area contributed by atoms with Crippen LogP contribution in [0.1, 0.15) is 39.3 Å². The fourth-order valence-corrected chi connectivity index (χ4v) is 1.66. The number of rotatable bonds is 8. The monoisotopic (exact) mass is 250 g/mol. The number of unbranched alkanes of at least 4 members (excludes halogenated alkanes) is 1. The number of nitrogens with one attached hydrogen (secondary N) is 1. The highest BCUT2D eigenvalue weighted by Gasteiger charge is 2.04. The van der Waals surface area contributed by atoms with Gasteiger partial charge >= 0.3 is 0 Å². The van der Waals surface area contributed by atoms with Crippen molar-refractivity contribution in [3.63, 3.8) is 0 Å². The van der Waals surface area contributed by atoms with E-state index < -0.39 is 0 Å². The SMILES string of the molecule is CCCCN(C)c1cncc(CNCC(C)C)n1. The maximum Gasteiger partial charge on any atom is 0.147 e. The number of hydrogen-bond acceptors (Lipinski definition) is 4. The van der Waals surface area contributed by atoms with Crippen molar-refractivity contribution in [3.05, 3.63) is 18.1 Å². The summed E-state index contributed by atoms with van der Waals surface area (Å²) in [6.07, 6.45) is 6.06. The van der Waals surface area contributed by atoms with Crippen molar-refractivity contribution in [2.75, 3.05) is 25.0 Å². The van der Waals surface area contributed by atoms with Crippen molar-refractivity contribution in [1.29, 1.82) is 0 Å². The van der Waals surface area contributed by atoms with Crippen molar-refractivity contribution >= 4 is 5.82 Å². The minimum Gasteiger partial charge on any atom is -0.358 e. The number of anilines is 1. The Morgan fingerprint density at radius 2 is 2.11 bits per heavy atom. The minimum atomic E-state index is 0.661. The summed E-state index contributed by atoms with van der Waals surface area (Å²) in [7, 11) is 2.07. The van der Waals surface area contributed by atoms with Gasteiger partial charge in [0.25, 0.3) is 0 Å². The Labute approximate surface area is 111 Å². The van der Waals surface area contributed by atoms with Crippen molar-refractivity contribution in [2.45, 2.75) is 40.2 Å². The molecule has 0 fully saturated rings. The quantitative estimate of drug-likeness (QED) is 0.769. The summed E-state index contributed by atoms with van der Waals surface area (Å²) in [5, 5.41) is 3.39. The lowest BCUT2D eigenvalue weighted by molar-refractivity contribution is 0.547. The molecule has 1 rings (SSSR count). The molecule has 0 unspecified atom stereocenters. The van der Waals surface area contributed by atoms with Gasteiger partial charge in [-0.1, -0.05) is 27.2 Å². The van der Waals surface area contributed by atoms with Crippen LogP contribution in [-0.2, 0) is 6.54 Å². The third-order valence-corrected chi connectivity index (χ3v) is 2.77. The number of nitrogens with zero attached hydrogens (tertiary/aromatic N) is 3. The highest BCUT2D eigenvalue weighted by molar-refractivity contribution is 5.34. The van der Waals surface area contributed by atoms with Crippen LogP contribution in [0.25, 0.3) is 0 Å². The van der Waals surface area contributed by atoms with Crippen LogP contribution in [0.2, 0.25) is 0 Å². The summed E-state index contributed by atoms with van der Waals surface area (Å²) in [5.41, 5.74) is 1.01. The van der Waals surface area contributed by atoms with Crippen LogP contribution in [-0.4, -0.2) is 30.1 Å². The lowest BCUT2D eigenvalue weighted by Gasteiger charge is -2.18. The predicted molar refractivity (Wildman–Crippen MR) is 76.8 cm³/mol. The molecule has 18 heavy (non-hydrogen) atoms. The molecule has 0 aliphatic rings. The van der Waals surface area contributed by atoms with E-state index in [0.29, 0.717) is 5.92 Å². The fraction of sp³-hybridized carbons (Fsp3) is 0.714. The van der Waals surface area contributed by atoms with Gasteiger partial charge in [-0.05, 0) is 18.9 Å². The first kappa shape index (κ1) is 14.9. The van der Waals surface area contributed by atoms with Crippen molar-refractivity contribution in [3.8, 4) is 0 Å². The second kappa shape index (κ2) is 8.03. The predicted octanol–water partition coefficient (Wildman–Crippen LogP) is 2.46. The van der Waals surface area contributed by atoms with E-state index in [9.17, 15) is 0 Å². The van der Waals surface area contributed by atoms with Crippen LogP contribution < -0.4 is 10.2 Å². The van der Waals surface area contributed by atoms with Gasteiger partial charge in [0.1, 0.15) is 5.82 Å². The molecule has 0 amide bonds. The van der Waals surface area contributed by atoms with E-state index >= 15 is 0 Å². The topological polar surface area (TPSA) is 41.1 Å². The van der Waals surface area contributed by atoms with Gasteiger partial charge in [0.2, 0.25) is 0 Å². The van der Waals surface area contributed by atoms with E-state index in [0.717, 1.165) is 31.1 Å². The molecular formula is C14H26N4. The van der Waals surface area contributed by atoms with E-state index in [1.807, 2.05) is 12.4 Å². The number of aromatic nitrogens is 2. The average molecular weight is 250 g/mol. The second-order valence-corrected chi connectivity index (χ2v) is 5.17. The normalized spacial score (nSPS) is 10.9. The molecule has 0 radical (unpaired) electrons.